The van der Waals surface area contributed by atoms with Crippen LogP contribution < -0.4 is 29.9 Å². The fourth-order valence-electron chi connectivity index (χ4n) is 3.44. The third kappa shape index (κ3) is 4.44. The van der Waals surface area contributed by atoms with Crippen LogP contribution in [0.3, 0.4) is 0 Å². The van der Waals surface area contributed by atoms with Crippen molar-refractivity contribution < 1.29 is 14.3 Å². The number of rotatable bonds is 4. The largest absolute Gasteiger partial charge is 0.486 e. The minimum absolute atomic E-state index is 0.376. The summed E-state index contributed by atoms with van der Waals surface area (Å²) in [7, 11) is 3.79. The van der Waals surface area contributed by atoms with Gasteiger partial charge in [-0.2, -0.15) is 4.98 Å². The summed E-state index contributed by atoms with van der Waals surface area (Å²) in [6, 6.07) is 4.93. The van der Waals surface area contributed by atoms with Crippen LogP contribution in [-0.2, 0) is 0 Å². The summed E-state index contributed by atoms with van der Waals surface area (Å²) in [6.45, 7) is 2.95. The molecular weight excluding hydrogens is 372 g/mol. The lowest BCUT2D eigenvalue weighted by atomic mass is 10.1. The molecule has 1 saturated heterocycles. The molecule has 2 amide bonds. The zero-order valence-corrected chi connectivity index (χ0v) is 16.8. The topological polar surface area (TPSA) is 91.9 Å². The third-order valence-electron chi connectivity index (χ3n) is 4.87. The molecule has 1 aromatic carbocycles. The Morgan fingerprint density at radius 1 is 1.07 bits per heavy atom. The normalized spacial score (nSPS) is 15.6. The maximum Gasteiger partial charge on any atom is 0.323 e. The van der Waals surface area contributed by atoms with Crippen LogP contribution >= 0.6 is 0 Å². The van der Waals surface area contributed by atoms with Crippen LogP contribution in [0, 0.1) is 0 Å². The number of carbonyl (C=O) groups is 1. The lowest BCUT2D eigenvalue weighted by molar-refractivity contribution is 0.171. The summed E-state index contributed by atoms with van der Waals surface area (Å²) in [6.07, 6.45) is 5.21. The highest BCUT2D eigenvalue weighted by Crippen LogP contribution is 2.32. The molecule has 0 bridgehead atoms. The number of nitrogens with zero attached hydrogens (tertiary/aromatic N) is 4. The van der Waals surface area contributed by atoms with E-state index in [0.717, 1.165) is 25.9 Å². The maximum atomic E-state index is 12.5. The van der Waals surface area contributed by atoms with Crippen LogP contribution in [0.4, 0.5) is 27.9 Å². The highest BCUT2D eigenvalue weighted by atomic mass is 16.6. The highest BCUT2D eigenvalue weighted by Gasteiger charge is 2.18. The van der Waals surface area contributed by atoms with Crippen molar-refractivity contribution in [1.82, 2.24) is 9.97 Å². The Bertz CT molecular complexity index is 883. The first-order valence-electron chi connectivity index (χ1n) is 9.87. The van der Waals surface area contributed by atoms with Crippen molar-refractivity contribution in [3.05, 3.63) is 24.4 Å². The van der Waals surface area contributed by atoms with Gasteiger partial charge in [-0.05, 0) is 31.4 Å². The Morgan fingerprint density at radius 2 is 1.83 bits per heavy atom. The van der Waals surface area contributed by atoms with Crippen LogP contribution in [0.5, 0.6) is 11.5 Å². The molecule has 0 aliphatic carbocycles. The van der Waals surface area contributed by atoms with Gasteiger partial charge in [0.15, 0.2) is 17.3 Å². The molecule has 0 saturated carbocycles. The molecule has 2 aliphatic heterocycles. The summed E-state index contributed by atoms with van der Waals surface area (Å²) >= 11 is 0. The van der Waals surface area contributed by atoms with Gasteiger partial charge in [-0.25, -0.2) is 9.78 Å². The Hall–Kier alpha value is -3.23. The zero-order chi connectivity index (χ0) is 20.2. The second-order valence-corrected chi connectivity index (χ2v) is 7.29. The number of benzene rings is 1. The van der Waals surface area contributed by atoms with E-state index in [0.29, 0.717) is 47.9 Å². The fourth-order valence-corrected chi connectivity index (χ4v) is 3.44. The van der Waals surface area contributed by atoms with E-state index < -0.39 is 0 Å². The van der Waals surface area contributed by atoms with Crippen LogP contribution in [0.25, 0.3) is 0 Å². The molecule has 0 radical (unpaired) electrons. The van der Waals surface area contributed by atoms with Crippen molar-refractivity contribution in [3.8, 4) is 11.5 Å². The predicted octanol–water partition coefficient (Wildman–Crippen LogP) is 2.95. The van der Waals surface area contributed by atoms with Gasteiger partial charge >= 0.3 is 6.03 Å². The van der Waals surface area contributed by atoms with Crippen molar-refractivity contribution in [1.29, 1.82) is 0 Å². The monoisotopic (exact) mass is 398 g/mol. The Morgan fingerprint density at radius 3 is 2.59 bits per heavy atom. The summed E-state index contributed by atoms with van der Waals surface area (Å²) in [5.41, 5.74) is 1.16. The first-order valence-corrected chi connectivity index (χ1v) is 9.87. The van der Waals surface area contributed by atoms with E-state index in [1.807, 2.05) is 19.0 Å². The number of piperidine rings is 1. The number of amides is 2. The van der Waals surface area contributed by atoms with Crippen LogP contribution in [0.15, 0.2) is 24.4 Å². The van der Waals surface area contributed by atoms with Gasteiger partial charge in [-0.15, -0.1) is 0 Å². The van der Waals surface area contributed by atoms with E-state index in [1.165, 1.54) is 6.42 Å². The van der Waals surface area contributed by atoms with E-state index in [2.05, 4.69) is 25.5 Å². The van der Waals surface area contributed by atoms with E-state index in [4.69, 9.17) is 9.47 Å². The van der Waals surface area contributed by atoms with Crippen molar-refractivity contribution >= 4 is 29.2 Å². The van der Waals surface area contributed by atoms with Gasteiger partial charge in [0.1, 0.15) is 18.9 Å². The quantitative estimate of drug-likeness (QED) is 0.818. The first kappa shape index (κ1) is 19.1. The average Bonchev–Trinajstić information content (AvgIpc) is 2.74. The lowest BCUT2D eigenvalue weighted by Gasteiger charge is -2.28. The van der Waals surface area contributed by atoms with E-state index in [9.17, 15) is 4.79 Å². The van der Waals surface area contributed by atoms with E-state index >= 15 is 0 Å². The summed E-state index contributed by atoms with van der Waals surface area (Å²) in [4.78, 5) is 25.7. The van der Waals surface area contributed by atoms with Crippen molar-refractivity contribution in [2.45, 2.75) is 19.3 Å². The van der Waals surface area contributed by atoms with Crippen LogP contribution in [0.2, 0.25) is 0 Å². The van der Waals surface area contributed by atoms with E-state index in [-0.39, 0.29) is 6.03 Å². The van der Waals surface area contributed by atoms with Gasteiger partial charge in [-0.1, -0.05) is 0 Å². The van der Waals surface area contributed by atoms with Crippen molar-refractivity contribution in [3.63, 3.8) is 0 Å². The summed E-state index contributed by atoms with van der Waals surface area (Å²) in [5.74, 6) is 2.67. The standard InChI is InChI=1S/C20H26N6O3/c1-25(2)18-15(13-21-19(24-18)26-8-4-3-5-9-26)23-20(27)22-14-6-7-16-17(12-14)29-11-10-28-16/h6-7,12-13H,3-5,8-11H2,1-2H3,(H2,22,23,27). The summed E-state index contributed by atoms with van der Waals surface area (Å²) in [5, 5.41) is 5.66. The van der Waals surface area contributed by atoms with E-state index in [1.54, 1.807) is 24.4 Å². The number of ether oxygens (including phenoxy) is 2. The average molecular weight is 398 g/mol. The molecule has 29 heavy (non-hydrogen) atoms. The minimum atomic E-state index is -0.376. The predicted molar refractivity (Wildman–Crippen MR) is 112 cm³/mol. The molecule has 2 N–H and O–H groups in total. The van der Waals surface area contributed by atoms with Gasteiger partial charge in [0, 0.05) is 38.9 Å². The first-order chi connectivity index (χ1) is 14.1. The van der Waals surface area contributed by atoms with Gasteiger partial charge in [0.25, 0.3) is 0 Å². The molecule has 2 aliphatic rings. The van der Waals surface area contributed by atoms with Crippen LogP contribution in [-0.4, -0.2) is 56.4 Å². The van der Waals surface area contributed by atoms with Gasteiger partial charge in [-0.3, -0.25) is 0 Å². The molecule has 2 aromatic rings. The number of aromatic nitrogens is 2. The number of urea groups is 1. The molecule has 1 fully saturated rings. The maximum absolute atomic E-state index is 12.5. The van der Waals surface area contributed by atoms with Gasteiger partial charge < -0.3 is 29.9 Å². The Labute approximate surface area is 170 Å². The number of anilines is 4. The zero-order valence-electron chi connectivity index (χ0n) is 16.8. The highest BCUT2D eigenvalue weighted by molar-refractivity contribution is 6.01. The van der Waals surface area contributed by atoms with Crippen LogP contribution in [0.1, 0.15) is 19.3 Å². The SMILES string of the molecule is CN(C)c1nc(N2CCCCC2)ncc1NC(=O)Nc1ccc2c(c1)OCCO2. The van der Waals surface area contributed by atoms with Gasteiger partial charge in [0.05, 0.1) is 6.20 Å². The Balaban J connectivity index is 1.47. The summed E-state index contributed by atoms with van der Waals surface area (Å²) < 4.78 is 11.1. The molecule has 3 heterocycles. The van der Waals surface area contributed by atoms with Crippen molar-refractivity contribution in [2.24, 2.45) is 0 Å². The molecule has 0 atom stereocenters. The molecule has 9 heteroatoms. The molecular formula is C20H26N6O3. The molecule has 9 nitrogen and oxygen atoms in total. The number of hydrogen-bond donors (Lipinski definition) is 2. The number of nitrogens with one attached hydrogen (secondary N) is 2. The molecule has 1 aromatic heterocycles. The number of hydrogen-bond acceptors (Lipinski definition) is 7. The Kier molecular flexibility index (Phi) is 5.55. The molecule has 4 rings (SSSR count). The third-order valence-corrected chi connectivity index (χ3v) is 4.87. The number of carbonyl (C=O) groups excluding carboxylic acids is 1. The van der Waals surface area contributed by atoms with Gasteiger partial charge in [0.2, 0.25) is 5.95 Å². The molecule has 0 spiro atoms. The molecule has 0 unspecified atom stereocenters. The lowest BCUT2D eigenvalue weighted by Crippen LogP contribution is -2.31. The molecule has 154 valence electrons. The minimum Gasteiger partial charge on any atom is -0.486 e. The van der Waals surface area contributed by atoms with Crippen molar-refractivity contribution in [2.75, 3.05) is 60.8 Å². The second kappa shape index (κ2) is 8.42. The fraction of sp³-hybridized carbons (Fsp3) is 0.450. The smallest absolute Gasteiger partial charge is 0.323 e. The number of fused-ring (bicyclic) bond motifs is 1. The second-order valence-electron chi connectivity index (χ2n) is 7.29.